The topological polar surface area (TPSA) is 127 Å². The molecule has 2 aliphatic rings. The Bertz CT molecular complexity index is 699. The van der Waals surface area contributed by atoms with Crippen LogP contribution in [0.5, 0.6) is 0 Å². The third kappa shape index (κ3) is 6.10. The van der Waals surface area contributed by atoms with Crippen LogP contribution in [0, 0.1) is 0 Å². The third-order valence-corrected chi connectivity index (χ3v) is 4.55. The fraction of sp³-hybridized carbons (Fsp3) is 0.500. The molecule has 0 aliphatic carbocycles. The monoisotopic (exact) mass is 420 g/mol. The zero-order chi connectivity index (χ0) is 22.3. The van der Waals surface area contributed by atoms with Gasteiger partial charge < -0.3 is 9.47 Å². The number of esters is 2. The molecule has 2 rings (SSSR count). The van der Waals surface area contributed by atoms with E-state index in [2.05, 4.69) is 0 Å². The van der Waals surface area contributed by atoms with Crippen LogP contribution in [-0.2, 0) is 38.2 Å². The summed E-state index contributed by atoms with van der Waals surface area (Å²) in [5.74, 6) is -2.74. The Morgan fingerprint density at radius 1 is 0.700 bits per heavy atom. The maximum atomic E-state index is 11.8. The summed E-state index contributed by atoms with van der Waals surface area (Å²) in [5.41, 5.74) is 0. The van der Waals surface area contributed by atoms with E-state index in [1.54, 1.807) is 13.8 Å². The average Bonchev–Trinajstić information content (AvgIpc) is 3.22. The number of amides is 4. The lowest BCUT2D eigenvalue weighted by Crippen LogP contribution is -2.41. The van der Waals surface area contributed by atoms with Gasteiger partial charge in [-0.1, -0.05) is 0 Å². The highest BCUT2D eigenvalue weighted by molar-refractivity contribution is 6.13. The van der Waals surface area contributed by atoms with E-state index in [0.717, 1.165) is 34.1 Å². The van der Waals surface area contributed by atoms with Crippen molar-refractivity contribution < 1.29 is 38.2 Å². The maximum Gasteiger partial charge on any atom is 0.305 e. The molecule has 0 spiro atoms. The second-order valence-corrected chi connectivity index (χ2v) is 7.03. The number of carbonyl (C=O) groups excluding carboxylic acids is 6. The molecule has 0 saturated heterocycles. The number of nitrogens with zero attached hydrogens (tertiary/aromatic N) is 2. The first-order chi connectivity index (χ1) is 14.2. The lowest BCUT2D eigenvalue weighted by atomic mass is 10.2. The highest BCUT2D eigenvalue weighted by atomic mass is 16.5. The molecule has 0 bridgehead atoms. The van der Waals surface area contributed by atoms with Gasteiger partial charge in [0.15, 0.2) is 0 Å². The van der Waals surface area contributed by atoms with Crippen molar-refractivity contribution >= 4 is 35.6 Å². The number of ether oxygens (including phenoxy) is 2. The van der Waals surface area contributed by atoms with E-state index < -0.39 is 47.7 Å². The van der Waals surface area contributed by atoms with E-state index in [0.29, 0.717) is 12.8 Å². The molecule has 2 atom stereocenters. The van der Waals surface area contributed by atoms with Gasteiger partial charge in [0, 0.05) is 37.1 Å². The molecule has 2 unspecified atom stereocenters. The lowest BCUT2D eigenvalue weighted by molar-refractivity contribution is -0.151. The summed E-state index contributed by atoms with van der Waals surface area (Å²) in [5, 5.41) is 0. The standard InChI is InChI=1S/C20H24N2O8/c1-13(21-15(23)7-8-16(21)24)11-29-19(27)5-3-4-6-20(28)30-12-14(2)22-17(25)9-10-18(22)26/h7-10,13-14H,3-6,11-12H2,1-2H3. The minimum Gasteiger partial charge on any atom is -0.463 e. The van der Waals surface area contributed by atoms with Gasteiger partial charge in [0.25, 0.3) is 23.6 Å². The van der Waals surface area contributed by atoms with Crippen molar-refractivity contribution in [1.29, 1.82) is 0 Å². The minimum absolute atomic E-state index is 0.0823. The van der Waals surface area contributed by atoms with E-state index >= 15 is 0 Å². The summed E-state index contributed by atoms with van der Waals surface area (Å²) >= 11 is 0. The quantitative estimate of drug-likeness (QED) is 0.265. The summed E-state index contributed by atoms with van der Waals surface area (Å²) < 4.78 is 10.1. The molecule has 10 heteroatoms. The van der Waals surface area contributed by atoms with Gasteiger partial charge in [0.05, 0.1) is 12.1 Å². The zero-order valence-corrected chi connectivity index (χ0v) is 16.9. The Kier molecular flexibility index (Phi) is 8.02. The first-order valence-corrected chi connectivity index (χ1v) is 9.62. The Morgan fingerprint density at radius 2 is 1.00 bits per heavy atom. The molecule has 0 radical (unpaired) electrons. The molecule has 10 nitrogen and oxygen atoms in total. The molecule has 30 heavy (non-hydrogen) atoms. The number of imide groups is 2. The second kappa shape index (κ2) is 10.5. The molecule has 0 saturated carbocycles. The van der Waals surface area contributed by atoms with Gasteiger partial charge in [-0.2, -0.15) is 0 Å². The van der Waals surface area contributed by atoms with Gasteiger partial charge in [-0.25, -0.2) is 0 Å². The van der Waals surface area contributed by atoms with Crippen LogP contribution in [0.4, 0.5) is 0 Å². The van der Waals surface area contributed by atoms with Gasteiger partial charge in [-0.15, -0.1) is 0 Å². The van der Waals surface area contributed by atoms with Crippen molar-refractivity contribution in [2.75, 3.05) is 13.2 Å². The van der Waals surface area contributed by atoms with Gasteiger partial charge in [0.2, 0.25) is 0 Å². The van der Waals surface area contributed by atoms with E-state index in [-0.39, 0.29) is 26.1 Å². The van der Waals surface area contributed by atoms with Crippen molar-refractivity contribution in [3.8, 4) is 0 Å². The van der Waals surface area contributed by atoms with Crippen LogP contribution in [0.1, 0.15) is 39.5 Å². The van der Waals surface area contributed by atoms with Crippen LogP contribution in [0.2, 0.25) is 0 Å². The largest absolute Gasteiger partial charge is 0.463 e. The number of unbranched alkanes of at least 4 members (excludes halogenated alkanes) is 1. The first-order valence-electron chi connectivity index (χ1n) is 9.62. The highest BCUT2D eigenvalue weighted by Crippen LogP contribution is 2.11. The van der Waals surface area contributed by atoms with Crippen LogP contribution in [-0.4, -0.2) is 70.7 Å². The van der Waals surface area contributed by atoms with Crippen LogP contribution in [0.25, 0.3) is 0 Å². The number of hydrogen-bond donors (Lipinski definition) is 0. The molecular weight excluding hydrogens is 396 g/mol. The molecule has 162 valence electrons. The summed E-state index contributed by atoms with van der Waals surface area (Å²) in [4.78, 5) is 71.8. The van der Waals surface area contributed by atoms with Crippen molar-refractivity contribution in [3.63, 3.8) is 0 Å². The number of hydrogen-bond acceptors (Lipinski definition) is 8. The van der Waals surface area contributed by atoms with Crippen molar-refractivity contribution in [2.24, 2.45) is 0 Å². The highest BCUT2D eigenvalue weighted by Gasteiger charge is 2.30. The van der Waals surface area contributed by atoms with Gasteiger partial charge in [0.1, 0.15) is 13.2 Å². The molecule has 0 N–H and O–H groups in total. The van der Waals surface area contributed by atoms with E-state index in [4.69, 9.17) is 9.47 Å². The normalized spacial score (nSPS) is 17.7. The predicted molar refractivity (Wildman–Crippen MR) is 101 cm³/mol. The van der Waals surface area contributed by atoms with E-state index in [9.17, 15) is 28.8 Å². The lowest BCUT2D eigenvalue weighted by Gasteiger charge is -2.22. The van der Waals surface area contributed by atoms with Gasteiger partial charge in [-0.3, -0.25) is 38.6 Å². The molecule has 2 aliphatic heterocycles. The van der Waals surface area contributed by atoms with Crippen molar-refractivity contribution in [2.45, 2.75) is 51.6 Å². The molecule has 4 amide bonds. The minimum atomic E-state index is -0.564. The SMILES string of the molecule is CC(COC(=O)CCCCC(=O)OCC(C)N1C(=O)C=CC1=O)N1C(=O)C=CC1=O. The van der Waals surface area contributed by atoms with Gasteiger partial charge >= 0.3 is 11.9 Å². The Balaban J connectivity index is 1.56. The molecule has 0 fully saturated rings. The maximum absolute atomic E-state index is 11.8. The summed E-state index contributed by atoms with van der Waals surface area (Å²) in [6.07, 6.45) is 5.62. The fourth-order valence-electron chi connectivity index (χ4n) is 2.95. The predicted octanol–water partition coefficient (Wildman–Crippen LogP) is 0.260. The molecular formula is C20H24N2O8. The third-order valence-electron chi connectivity index (χ3n) is 4.55. The molecule has 0 aromatic heterocycles. The van der Waals surface area contributed by atoms with Crippen LogP contribution < -0.4 is 0 Å². The Hall–Kier alpha value is -3.30. The van der Waals surface area contributed by atoms with Crippen LogP contribution in [0.3, 0.4) is 0 Å². The Morgan fingerprint density at radius 3 is 1.30 bits per heavy atom. The molecule has 2 heterocycles. The molecule has 0 aromatic rings. The summed E-state index contributed by atoms with van der Waals surface area (Å²) in [6, 6.07) is -1.13. The van der Waals surface area contributed by atoms with Crippen molar-refractivity contribution in [1.82, 2.24) is 9.80 Å². The van der Waals surface area contributed by atoms with Crippen molar-refractivity contribution in [3.05, 3.63) is 24.3 Å². The van der Waals surface area contributed by atoms with Gasteiger partial charge in [-0.05, 0) is 26.7 Å². The smallest absolute Gasteiger partial charge is 0.305 e. The number of rotatable bonds is 11. The van der Waals surface area contributed by atoms with E-state index in [1.807, 2.05) is 0 Å². The van der Waals surface area contributed by atoms with Crippen LogP contribution >= 0.6 is 0 Å². The summed E-state index contributed by atoms with van der Waals surface area (Å²) in [7, 11) is 0. The molecule has 0 aromatic carbocycles. The fourth-order valence-corrected chi connectivity index (χ4v) is 2.95. The second-order valence-electron chi connectivity index (χ2n) is 7.03. The number of carbonyl (C=O) groups is 6. The van der Waals surface area contributed by atoms with E-state index in [1.165, 1.54) is 0 Å². The average molecular weight is 420 g/mol. The first kappa shape index (κ1) is 23.0. The van der Waals surface area contributed by atoms with Crippen LogP contribution in [0.15, 0.2) is 24.3 Å². The summed E-state index contributed by atoms with van der Waals surface area (Å²) in [6.45, 7) is 3.01. The Labute approximate surface area is 173 Å². The zero-order valence-electron chi connectivity index (χ0n) is 16.9.